The number of nitrogens with one attached hydrogen (secondary N) is 1. The molecule has 0 aromatic heterocycles. The van der Waals surface area contributed by atoms with E-state index in [0.717, 1.165) is 12.8 Å². The quantitative estimate of drug-likeness (QED) is 0.590. The van der Waals surface area contributed by atoms with E-state index in [2.05, 4.69) is 5.32 Å². The molecule has 1 fully saturated rings. The monoisotopic (exact) mass is 246 g/mol. The summed E-state index contributed by atoms with van der Waals surface area (Å²) in [5, 5.41) is 11.5. The Morgan fingerprint density at radius 1 is 1.56 bits per heavy atom. The van der Waals surface area contributed by atoms with E-state index in [9.17, 15) is 9.59 Å². The van der Waals surface area contributed by atoms with Gasteiger partial charge in [-0.15, -0.1) is 0 Å². The second kappa shape index (κ2) is 5.54. The molecule has 92 valence electrons. The molecule has 0 spiro atoms. The van der Waals surface area contributed by atoms with Crippen molar-refractivity contribution >= 4 is 23.6 Å². The van der Waals surface area contributed by atoms with Crippen LogP contribution in [0.2, 0.25) is 0 Å². The third-order valence-electron chi connectivity index (χ3n) is 2.94. The maximum atomic E-state index is 11.8. The van der Waals surface area contributed by atoms with Crippen molar-refractivity contribution in [3.63, 3.8) is 0 Å². The predicted molar refractivity (Wildman–Crippen MR) is 63.3 cm³/mol. The number of amides is 1. The van der Waals surface area contributed by atoms with E-state index in [1.54, 1.807) is 11.8 Å². The molecule has 16 heavy (non-hydrogen) atoms. The highest BCUT2D eigenvalue weighted by atomic mass is 32.2. The van der Waals surface area contributed by atoms with Crippen LogP contribution in [-0.4, -0.2) is 41.6 Å². The molecule has 1 aliphatic rings. The fourth-order valence-electron chi connectivity index (χ4n) is 1.48. The fraction of sp³-hybridized carbons (Fsp3) is 0.800. The topological polar surface area (TPSA) is 92.4 Å². The van der Waals surface area contributed by atoms with Gasteiger partial charge >= 0.3 is 5.97 Å². The lowest BCUT2D eigenvalue weighted by molar-refractivity contribution is -0.142. The van der Waals surface area contributed by atoms with Gasteiger partial charge in [0.2, 0.25) is 5.91 Å². The summed E-state index contributed by atoms with van der Waals surface area (Å²) in [7, 11) is 0. The molecule has 1 aliphatic carbocycles. The van der Waals surface area contributed by atoms with Gasteiger partial charge in [-0.3, -0.25) is 4.79 Å². The first-order valence-electron chi connectivity index (χ1n) is 5.28. The number of carboxylic acids is 1. The normalized spacial score (nSPS) is 18.9. The van der Waals surface area contributed by atoms with Crippen molar-refractivity contribution in [2.24, 2.45) is 11.1 Å². The fourth-order valence-corrected chi connectivity index (χ4v) is 1.95. The smallest absolute Gasteiger partial charge is 0.326 e. The predicted octanol–water partition coefficient (Wildman–Crippen LogP) is 0.0478. The third-order valence-corrected chi connectivity index (χ3v) is 3.58. The van der Waals surface area contributed by atoms with Crippen LogP contribution < -0.4 is 11.1 Å². The summed E-state index contributed by atoms with van der Waals surface area (Å²) in [6.45, 7) is 0.299. The first-order chi connectivity index (χ1) is 7.55. The Morgan fingerprint density at radius 3 is 2.56 bits per heavy atom. The molecule has 1 atom stereocenters. The van der Waals surface area contributed by atoms with E-state index < -0.39 is 17.4 Å². The number of rotatable bonds is 7. The Labute approximate surface area is 99.1 Å². The zero-order valence-electron chi connectivity index (χ0n) is 9.36. The largest absolute Gasteiger partial charge is 0.480 e. The molecule has 0 aliphatic heterocycles. The van der Waals surface area contributed by atoms with E-state index >= 15 is 0 Å². The van der Waals surface area contributed by atoms with Crippen LogP contribution in [0, 0.1) is 5.41 Å². The van der Waals surface area contributed by atoms with Gasteiger partial charge in [0, 0.05) is 6.54 Å². The second-order valence-corrected chi connectivity index (χ2v) is 5.12. The van der Waals surface area contributed by atoms with E-state index in [1.165, 1.54) is 0 Å². The van der Waals surface area contributed by atoms with Crippen LogP contribution in [0.25, 0.3) is 0 Å². The Morgan fingerprint density at radius 2 is 2.19 bits per heavy atom. The SMILES string of the molecule is CSCC[C@H](NC(=O)C1(CN)CC1)C(=O)O. The number of carbonyl (C=O) groups is 2. The standard InChI is InChI=1S/C10H18N2O3S/c1-16-5-2-7(8(13)14)12-9(15)10(6-11)3-4-10/h7H,2-6,11H2,1H3,(H,12,15)(H,13,14)/t7-/m0/s1. The van der Waals surface area contributed by atoms with E-state index in [1.807, 2.05) is 6.26 Å². The van der Waals surface area contributed by atoms with Crippen LogP contribution in [0.15, 0.2) is 0 Å². The molecule has 1 saturated carbocycles. The summed E-state index contributed by atoms with van der Waals surface area (Å²) in [4.78, 5) is 22.7. The molecule has 5 nitrogen and oxygen atoms in total. The van der Waals surface area contributed by atoms with Gasteiger partial charge in [0.15, 0.2) is 0 Å². The maximum absolute atomic E-state index is 11.8. The highest BCUT2D eigenvalue weighted by Gasteiger charge is 2.49. The minimum absolute atomic E-state index is 0.205. The Kier molecular flexibility index (Phi) is 4.61. The number of hydrogen-bond donors (Lipinski definition) is 3. The molecule has 0 bridgehead atoms. The van der Waals surface area contributed by atoms with Gasteiger partial charge in [-0.25, -0.2) is 4.79 Å². The number of aliphatic carboxylic acids is 1. The van der Waals surface area contributed by atoms with Crippen molar-refractivity contribution in [2.75, 3.05) is 18.6 Å². The van der Waals surface area contributed by atoms with Crippen molar-refractivity contribution in [1.29, 1.82) is 0 Å². The third kappa shape index (κ3) is 3.12. The summed E-state index contributed by atoms with van der Waals surface area (Å²) in [5.74, 6) is -0.467. The minimum Gasteiger partial charge on any atom is -0.480 e. The van der Waals surface area contributed by atoms with Crippen LogP contribution in [-0.2, 0) is 9.59 Å². The van der Waals surface area contributed by atoms with Crippen LogP contribution >= 0.6 is 11.8 Å². The van der Waals surface area contributed by atoms with Crippen molar-refractivity contribution in [3.05, 3.63) is 0 Å². The van der Waals surface area contributed by atoms with Crippen LogP contribution in [0.3, 0.4) is 0 Å². The lowest BCUT2D eigenvalue weighted by atomic mass is 10.1. The zero-order chi connectivity index (χ0) is 12.2. The molecule has 0 aromatic carbocycles. The molecule has 0 radical (unpaired) electrons. The first-order valence-corrected chi connectivity index (χ1v) is 6.68. The van der Waals surface area contributed by atoms with Gasteiger partial charge in [0.1, 0.15) is 6.04 Å². The number of thioether (sulfide) groups is 1. The van der Waals surface area contributed by atoms with Gasteiger partial charge < -0.3 is 16.2 Å². The van der Waals surface area contributed by atoms with E-state index in [4.69, 9.17) is 10.8 Å². The van der Waals surface area contributed by atoms with Gasteiger partial charge in [-0.1, -0.05) is 0 Å². The maximum Gasteiger partial charge on any atom is 0.326 e. The van der Waals surface area contributed by atoms with E-state index in [0.29, 0.717) is 18.7 Å². The van der Waals surface area contributed by atoms with Crippen LogP contribution in [0.5, 0.6) is 0 Å². The highest BCUT2D eigenvalue weighted by molar-refractivity contribution is 7.98. The van der Waals surface area contributed by atoms with Crippen molar-refractivity contribution in [3.8, 4) is 0 Å². The van der Waals surface area contributed by atoms with E-state index in [-0.39, 0.29) is 5.91 Å². The number of carboxylic acid groups (broad SMARTS) is 1. The average Bonchev–Trinajstić information content (AvgIpc) is 3.04. The molecular weight excluding hydrogens is 228 g/mol. The molecule has 1 amide bonds. The van der Waals surface area contributed by atoms with Crippen LogP contribution in [0.1, 0.15) is 19.3 Å². The molecule has 0 heterocycles. The van der Waals surface area contributed by atoms with Crippen LogP contribution in [0.4, 0.5) is 0 Å². The molecule has 0 saturated heterocycles. The van der Waals surface area contributed by atoms with Crippen molar-refractivity contribution in [1.82, 2.24) is 5.32 Å². The lowest BCUT2D eigenvalue weighted by Crippen LogP contribution is -2.46. The highest BCUT2D eigenvalue weighted by Crippen LogP contribution is 2.44. The number of nitrogens with two attached hydrogens (primary N) is 1. The minimum atomic E-state index is -0.977. The molecule has 6 heteroatoms. The summed E-state index contributed by atoms with van der Waals surface area (Å²) >= 11 is 1.56. The first kappa shape index (κ1) is 13.3. The summed E-state index contributed by atoms with van der Waals surface area (Å²) < 4.78 is 0. The Balaban J connectivity index is 2.48. The Hall–Kier alpha value is -0.750. The molecule has 4 N–H and O–H groups in total. The van der Waals surface area contributed by atoms with Crippen molar-refractivity contribution in [2.45, 2.75) is 25.3 Å². The van der Waals surface area contributed by atoms with Gasteiger partial charge in [-0.05, 0) is 31.3 Å². The van der Waals surface area contributed by atoms with Crippen molar-refractivity contribution < 1.29 is 14.7 Å². The average molecular weight is 246 g/mol. The molecule has 1 rings (SSSR count). The van der Waals surface area contributed by atoms with Gasteiger partial charge in [0.05, 0.1) is 5.41 Å². The zero-order valence-corrected chi connectivity index (χ0v) is 10.2. The second-order valence-electron chi connectivity index (χ2n) is 4.13. The summed E-state index contributed by atoms with van der Waals surface area (Å²) in [6, 6.07) is -0.788. The number of hydrogen-bond acceptors (Lipinski definition) is 4. The van der Waals surface area contributed by atoms with Gasteiger partial charge in [-0.2, -0.15) is 11.8 Å². The number of carbonyl (C=O) groups excluding carboxylic acids is 1. The summed E-state index contributed by atoms with van der Waals surface area (Å²) in [5.41, 5.74) is 5.03. The lowest BCUT2D eigenvalue weighted by Gasteiger charge is -2.18. The molecular formula is C10H18N2O3S. The Bertz CT molecular complexity index is 279. The molecule has 0 unspecified atom stereocenters. The summed E-state index contributed by atoms with van der Waals surface area (Å²) in [6.07, 6.45) is 3.89. The molecule has 0 aromatic rings. The van der Waals surface area contributed by atoms with Gasteiger partial charge in [0.25, 0.3) is 0 Å².